The second-order valence-electron chi connectivity index (χ2n) is 4.26. The second kappa shape index (κ2) is 6.22. The number of nitrogen functional groups attached to an aromatic ring is 1. The summed E-state index contributed by atoms with van der Waals surface area (Å²) >= 11 is 0. The predicted molar refractivity (Wildman–Crippen MR) is 75.4 cm³/mol. The Morgan fingerprint density at radius 1 is 1.00 bits per heavy atom. The highest BCUT2D eigenvalue weighted by Crippen LogP contribution is 2.24. The van der Waals surface area contributed by atoms with Gasteiger partial charge in [0.25, 0.3) is 0 Å². The SMILES string of the molecule is CCOC(Cc1ccccc1N)c1ccccc1. The van der Waals surface area contributed by atoms with Crippen LogP contribution in [0.1, 0.15) is 24.2 Å². The zero-order valence-corrected chi connectivity index (χ0v) is 10.7. The summed E-state index contributed by atoms with van der Waals surface area (Å²) in [5.41, 5.74) is 9.15. The van der Waals surface area contributed by atoms with Gasteiger partial charge in [-0.3, -0.25) is 0 Å². The lowest BCUT2D eigenvalue weighted by Crippen LogP contribution is -2.09. The monoisotopic (exact) mass is 241 g/mol. The molecule has 2 nitrogen and oxygen atoms in total. The van der Waals surface area contributed by atoms with Crippen molar-refractivity contribution in [1.29, 1.82) is 0 Å². The van der Waals surface area contributed by atoms with Crippen molar-refractivity contribution in [2.75, 3.05) is 12.3 Å². The number of rotatable bonds is 5. The molecular formula is C16H19NO. The molecule has 2 aromatic carbocycles. The molecule has 0 aliphatic rings. The molecular weight excluding hydrogens is 222 g/mol. The number of hydrogen-bond donors (Lipinski definition) is 1. The zero-order chi connectivity index (χ0) is 12.8. The van der Waals surface area contributed by atoms with E-state index in [1.54, 1.807) is 0 Å². The first kappa shape index (κ1) is 12.7. The summed E-state index contributed by atoms with van der Waals surface area (Å²) in [6.45, 7) is 2.72. The van der Waals surface area contributed by atoms with Crippen molar-refractivity contribution >= 4 is 5.69 Å². The molecule has 0 radical (unpaired) electrons. The Bertz CT molecular complexity index is 481. The van der Waals surface area contributed by atoms with Gasteiger partial charge in [0.1, 0.15) is 0 Å². The van der Waals surface area contributed by atoms with E-state index in [9.17, 15) is 0 Å². The Kier molecular flexibility index (Phi) is 4.37. The summed E-state index contributed by atoms with van der Waals surface area (Å²) < 4.78 is 5.83. The Balaban J connectivity index is 2.19. The van der Waals surface area contributed by atoms with Gasteiger partial charge in [-0.1, -0.05) is 48.5 Å². The van der Waals surface area contributed by atoms with Gasteiger partial charge in [-0.2, -0.15) is 0 Å². The van der Waals surface area contributed by atoms with E-state index < -0.39 is 0 Å². The maximum Gasteiger partial charge on any atom is 0.0865 e. The van der Waals surface area contributed by atoms with E-state index in [4.69, 9.17) is 10.5 Å². The lowest BCUT2D eigenvalue weighted by Gasteiger charge is -2.18. The predicted octanol–water partition coefficient (Wildman–Crippen LogP) is 3.59. The topological polar surface area (TPSA) is 35.2 Å². The third-order valence-electron chi connectivity index (χ3n) is 3.00. The van der Waals surface area contributed by atoms with Gasteiger partial charge in [0.2, 0.25) is 0 Å². The van der Waals surface area contributed by atoms with Gasteiger partial charge in [-0.05, 0) is 24.1 Å². The van der Waals surface area contributed by atoms with Crippen LogP contribution in [0.4, 0.5) is 5.69 Å². The Hall–Kier alpha value is -1.80. The summed E-state index contributed by atoms with van der Waals surface area (Å²) in [5, 5.41) is 0. The largest absolute Gasteiger partial charge is 0.399 e. The fourth-order valence-electron chi connectivity index (χ4n) is 2.06. The van der Waals surface area contributed by atoms with E-state index in [1.807, 2.05) is 43.3 Å². The van der Waals surface area contributed by atoms with Crippen LogP contribution in [-0.4, -0.2) is 6.61 Å². The quantitative estimate of drug-likeness (QED) is 0.812. The zero-order valence-electron chi connectivity index (χ0n) is 10.7. The van der Waals surface area contributed by atoms with Crippen molar-refractivity contribution in [2.24, 2.45) is 0 Å². The molecule has 2 N–H and O–H groups in total. The molecule has 0 spiro atoms. The maximum absolute atomic E-state index is 5.99. The van der Waals surface area contributed by atoms with E-state index in [-0.39, 0.29) is 6.10 Å². The van der Waals surface area contributed by atoms with Crippen LogP contribution in [0.25, 0.3) is 0 Å². The van der Waals surface area contributed by atoms with E-state index in [0.717, 1.165) is 17.7 Å². The van der Waals surface area contributed by atoms with Gasteiger partial charge < -0.3 is 10.5 Å². The van der Waals surface area contributed by atoms with Crippen molar-refractivity contribution in [3.63, 3.8) is 0 Å². The van der Waals surface area contributed by atoms with E-state index in [0.29, 0.717) is 6.61 Å². The van der Waals surface area contributed by atoms with E-state index in [2.05, 4.69) is 18.2 Å². The molecule has 2 heteroatoms. The lowest BCUT2D eigenvalue weighted by molar-refractivity contribution is 0.0629. The Labute approximate surface area is 108 Å². The van der Waals surface area contributed by atoms with Crippen LogP contribution >= 0.6 is 0 Å². The van der Waals surface area contributed by atoms with Gasteiger partial charge in [0.15, 0.2) is 0 Å². The highest BCUT2D eigenvalue weighted by Gasteiger charge is 2.13. The molecule has 2 aromatic rings. The van der Waals surface area contributed by atoms with Crippen LogP contribution in [0.5, 0.6) is 0 Å². The van der Waals surface area contributed by atoms with Gasteiger partial charge >= 0.3 is 0 Å². The molecule has 0 fully saturated rings. The number of nitrogens with two attached hydrogens (primary N) is 1. The van der Waals surface area contributed by atoms with Crippen LogP contribution in [0, 0.1) is 0 Å². The standard InChI is InChI=1S/C16H19NO/c1-2-18-16(13-8-4-3-5-9-13)12-14-10-6-7-11-15(14)17/h3-11,16H,2,12,17H2,1H3. The first-order valence-electron chi connectivity index (χ1n) is 6.31. The summed E-state index contributed by atoms with van der Waals surface area (Å²) in [6, 6.07) is 18.2. The number of benzene rings is 2. The summed E-state index contributed by atoms with van der Waals surface area (Å²) in [7, 11) is 0. The van der Waals surface area contributed by atoms with Gasteiger partial charge in [-0.15, -0.1) is 0 Å². The molecule has 1 atom stereocenters. The Morgan fingerprint density at radius 3 is 2.33 bits per heavy atom. The molecule has 0 bridgehead atoms. The van der Waals surface area contributed by atoms with Gasteiger partial charge in [0.05, 0.1) is 6.10 Å². The minimum absolute atomic E-state index is 0.0703. The average Bonchev–Trinajstić information content (AvgIpc) is 2.42. The smallest absolute Gasteiger partial charge is 0.0865 e. The molecule has 0 saturated carbocycles. The van der Waals surface area contributed by atoms with Crippen molar-refractivity contribution in [1.82, 2.24) is 0 Å². The molecule has 0 aliphatic carbocycles. The van der Waals surface area contributed by atoms with Crippen molar-refractivity contribution < 1.29 is 4.74 Å². The van der Waals surface area contributed by atoms with Crippen LogP contribution in [0.15, 0.2) is 54.6 Å². The second-order valence-corrected chi connectivity index (χ2v) is 4.26. The van der Waals surface area contributed by atoms with Crippen molar-refractivity contribution in [3.8, 4) is 0 Å². The highest BCUT2D eigenvalue weighted by molar-refractivity contribution is 5.47. The molecule has 18 heavy (non-hydrogen) atoms. The van der Waals surface area contributed by atoms with E-state index in [1.165, 1.54) is 5.56 Å². The van der Waals surface area contributed by atoms with E-state index >= 15 is 0 Å². The number of anilines is 1. The normalized spacial score (nSPS) is 12.3. The molecule has 0 amide bonds. The van der Waals surface area contributed by atoms with Crippen LogP contribution in [0.2, 0.25) is 0 Å². The molecule has 1 unspecified atom stereocenters. The van der Waals surface area contributed by atoms with Crippen LogP contribution in [0.3, 0.4) is 0 Å². The third kappa shape index (κ3) is 3.11. The van der Waals surface area contributed by atoms with Crippen LogP contribution in [-0.2, 0) is 11.2 Å². The fourth-order valence-corrected chi connectivity index (χ4v) is 2.06. The van der Waals surface area contributed by atoms with Crippen molar-refractivity contribution in [2.45, 2.75) is 19.4 Å². The molecule has 0 aliphatic heterocycles. The minimum Gasteiger partial charge on any atom is -0.399 e. The number of hydrogen-bond acceptors (Lipinski definition) is 2. The van der Waals surface area contributed by atoms with Crippen LogP contribution < -0.4 is 5.73 Å². The fraction of sp³-hybridized carbons (Fsp3) is 0.250. The highest BCUT2D eigenvalue weighted by atomic mass is 16.5. The first-order chi connectivity index (χ1) is 8.81. The Morgan fingerprint density at radius 2 is 1.67 bits per heavy atom. The minimum atomic E-state index is 0.0703. The van der Waals surface area contributed by atoms with Gasteiger partial charge in [-0.25, -0.2) is 0 Å². The summed E-state index contributed by atoms with van der Waals surface area (Å²) in [5.74, 6) is 0. The molecule has 94 valence electrons. The first-order valence-corrected chi connectivity index (χ1v) is 6.31. The maximum atomic E-state index is 5.99. The average molecular weight is 241 g/mol. The third-order valence-corrected chi connectivity index (χ3v) is 3.00. The number of para-hydroxylation sites is 1. The lowest BCUT2D eigenvalue weighted by atomic mass is 10.00. The molecule has 0 saturated heterocycles. The molecule has 2 rings (SSSR count). The van der Waals surface area contributed by atoms with Crippen molar-refractivity contribution in [3.05, 3.63) is 65.7 Å². The number of ether oxygens (including phenoxy) is 1. The summed E-state index contributed by atoms with van der Waals surface area (Å²) in [4.78, 5) is 0. The van der Waals surface area contributed by atoms with Gasteiger partial charge in [0, 0.05) is 18.7 Å². The molecule has 0 aromatic heterocycles. The summed E-state index contributed by atoms with van der Waals surface area (Å²) in [6.07, 6.45) is 0.880. The molecule has 0 heterocycles.